The third kappa shape index (κ3) is 3.73. The maximum absolute atomic E-state index is 9.42. The van der Waals surface area contributed by atoms with Crippen LogP contribution in [0.4, 0.5) is 0 Å². The molecule has 6 nitrogen and oxygen atoms in total. The average Bonchev–Trinajstić information content (AvgIpc) is 3.81. The molecule has 0 aliphatic heterocycles. The van der Waals surface area contributed by atoms with Crippen molar-refractivity contribution in [3.05, 3.63) is 133 Å². The molecule has 0 fully saturated rings. The first-order valence-electron chi connectivity index (χ1n) is 15.3. The monoisotopic (exact) mass is 619 g/mol. The summed E-state index contributed by atoms with van der Waals surface area (Å²) in [4.78, 5) is 15.2. The first-order chi connectivity index (χ1) is 23.3. The number of thiophene rings is 1. The molecular weight excluding hydrogens is 599 g/mol. The molecule has 0 spiro atoms. The van der Waals surface area contributed by atoms with Gasteiger partial charge in [-0.15, -0.1) is 11.3 Å². The standard InChI is InChI=1S/C40H21N5OS/c41-22-23-18-20-25(21-19-23)39-42-38(24-10-2-1-3-11-24)43-40(44-39)45-29-15-7-4-12-26(29)34-35(45)36-32(27-13-5-8-16-30(27)46-36)33-28-14-6-9-17-31(28)47-37(33)34/h1-21H. The van der Waals surface area contributed by atoms with Gasteiger partial charge in [-0.1, -0.05) is 84.9 Å². The highest BCUT2D eigenvalue weighted by atomic mass is 32.1. The van der Waals surface area contributed by atoms with Crippen molar-refractivity contribution >= 4 is 75.3 Å². The molecule has 10 rings (SSSR count). The van der Waals surface area contributed by atoms with Crippen LogP contribution in [0.5, 0.6) is 0 Å². The SMILES string of the molecule is N#Cc1ccc(-c2nc(-c3ccccc3)nc(-n3c4ccccc4c4c5sc6ccccc6c5c5c6ccccc6oc5c43)n2)cc1. The molecule has 0 amide bonds. The number of furan rings is 1. The summed E-state index contributed by atoms with van der Waals surface area (Å²) in [7, 11) is 0. The van der Waals surface area contributed by atoms with E-state index in [2.05, 4.69) is 71.3 Å². The van der Waals surface area contributed by atoms with Crippen LogP contribution in [0.1, 0.15) is 5.56 Å². The van der Waals surface area contributed by atoms with Gasteiger partial charge in [0.2, 0.25) is 5.95 Å². The highest BCUT2D eigenvalue weighted by molar-refractivity contribution is 7.27. The lowest BCUT2D eigenvalue weighted by molar-refractivity contribution is 0.671. The molecular formula is C40H21N5OS. The Morgan fingerprint density at radius 3 is 2.04 bits per heavy atom. The molecule has 7 heteroatoms. The minimum Gasteiger partial charge on any atom is -0.454 e. The first kappa shape index (κ1) is 25.9. The molecule has 0 atom stereocenters. The number of para-hydroxylation sites is 2. The Balaban J connectivity index is 1.41. The third-order valence-electron chi connectivity index (χ3n) is 8.89. The molecule has 4 heterocycles. The zero-order valence-electron chi connectivity index (χ0n) is 24.7. The van der Waals surface area contributed by atoms with Gasteiger partial charge in [0, 0.05) is 52.8 Å². The van der Waals surface area contributed by atoms with Gasteiger partial charge in [-0.25, -0.2) is 4.98 Å². The fourth-order valence-electron chi connectivity index (χ4n) is 6.83. The minimum absolute atomic E-state index is 0.492. The highest BCUT2D eigenvalue weighted by Crippen LogP contribution is 2.50. The zero-order valence-corrected chi connectivity index (χ0v) is 25.5. The summed E-state index contributed by atoms with van der Waals surface area (Å²) in [5.74, 6) is 1.57. The van der Waals surface area contributed by atoms with Gasteiger partial charge in [0.15, 0.2) is 17.2 Å². The maximum Gasteiger partial charge on any atom is 0.238 e. The Kier molecular flexibility index (Phi) is 5.41. The Morgan fingerprint density at radius 1 is 0.596 bits per heavy atom. The third-order valence-corrected chi connectivity index (χ3v) is 10.1. The quantitative estimate of drug-likeness (QED) is 0.197. The molecule has 0 unspecified atom stereocenters. The normalized spacial score (nSPS) is 11.8. The second kappa shape index (κ2) is 9.82. The van der Waals surface area contributed by atoms with Crippen LogP contribution >= 0.6 is 11.3 Å². The van der Waals surface area contributed by atoms with Gasteiger partial charge in [0.05, 0.1) is 17.1 Å². The lowest BCUT2D eigenvalue weighted by Crippen LogP contribution is -2.06. The Labute approximate surface area is 271 Å². The van der Waals surface area contributed by atoms with Crippen LogP contribution < -0.4 is 0 Å². The van der Waals surface area contributed by atoms with Crippen molar-refractivity contribution in [2.24, 2.45) is 0 Å². The van der Waals surface area contributed by atoms with Crippen molar-refractivity contribution in [1.29, 1.82) is 5.26 Å². The molecule has 0 aliphatic rings. The lowest BCUT2D eigenvalue weighted by atomic mass is 10.0. The molecule has 0 aliphatic carbocycles. The summed E-state index contributed by atoms with van der Waals surface area (Å²) < 4.78 is 11.4. The van der Waals surface area contributed by atoms with Crippen LogP contribution in [-0.2, 0) is 0 Å². The molecule has 4 aromatic heterocycles. The molecule has 0 saturated heterocycles. The lowest BCUT2D eigenvalue weighted by Gasteiger charge is -2.11. The summed E-state index contributed by atoms with van der Waals surface area (Å²) in [6, 6.07) is 44.8. The number of aromatic nitrogens is 4. The summed E-state index contributed by atoms with van der Waals surface area (Å²) in [5, 5.41) is 16.2. The van der Waals surface area contributed by atoms with E-state index in [0.717, 1.165) is 54.9 Å². The average molecular weight is 620 g/mol. The number of hydrogen-bond donors (Lipinski definition) is 0. The van der Waals surface area contributed by atoms with E-state index in [1.165, 1.54) is 20.2 Å². The number of fused-ring (bicyclic) bond motifs is 12. The minimum atomic E-state index is 0.492. The van der Waals surface area contributed by atoms with E-state index in [1.54, 1.807) is 12.1 Å². The molecule has 0 saturated carbocycles. The van der Waals surface area contributed by atoms with Crippen molar-refractivity contribution in [3.8, 4) is 34.8 Å². The molecule has 0 bridgehead atoms. The fourth-order valence-corrected chi connectivity index (χ4v) is 8.10. The second-order valence-electron chi connectivity index (χ2n) is 11.5. The van der Waals surface area contributed by atoms with Crippen LogP contribution in [-0.4, -0.2) is 19.5 Å². The highest BCUT2D eigenvalue weighted by Gasteiger charge is 2.26. The molecule has 218 valence electrons. The van der Waals surface area contributed by atoms with E-state index in [4.69, 9.17) is 19.4 Å². The number of rotatable bonds is 3. The van der Waals surface area contributed by atoms with E-state index in [9.17, 15) is 5.26 Å². The second-order valence-corrected chi connectivity index (χ2v) is 12.6. The van der Waals surface area contributed by atoms with Crippen LogP contribution in [0.25, 0.3) is 92.6 Å². The number of hydrogen-bond acceptors (Lipinski definition) is 6. The van der Waals surface area contributed by atoms with Crippen molar-refractivity contribution in [1.82, 2.24) is 19.5 Å². The Bertz CT molecular complexity index is 2910. The zero-order chi connectivity index (χ0) is 31.1. The smallest absolute Gasteiger partial charge is 0.238 e. The Morgan fingerprint density at radius 2 is 1.26 bits per heavy atom. The Hall–Kier alpha value is -6.36. The van der Waals surface area contributed by atoms with Gasteiger partial charge in [-0.3, -0.25) is 4.57 Å². The van der Waals surface area contributed by atoms with Crippen LogP contribution in [0, 0.1) is 11.3 Å². The topological polar surface area (TPSA) is 80.5 Å². The molecule has 47 heavy (non-hydrogen) atoms. The van der Waals surface area contributed by atoms with E-state index in [1.807, 2.05) is 65.9 Å². The predicted octanol–water partition coefficient (Wildman–Crippen LogP) is 10.4. The van der Waals surface area contributed by atoms with Crippen molar-refractivity contribution in [2.45, 2.75) is 0 Å². The predicted molar refractivity (Wildman–Crippen MR) is 190 cm³/mol. The van der Waals surface area contributed by atoms with E-state index < -0.39 is 0 Å². The van der Waals surface area contributed by atoms with Gasteiger partial charge in [0.25, 0.3) is 0 Å². The molecule has 6 aromatic carbocycles. The summed E-state index contributed by atoms with van der Waals surface area (Å²) in [5.41, 5.74) is 5.79. The molecule has 0 N–H and O–H groups in total. The van der Waals surface area contributed by atoms with Crippen molar-refractivity contribution in [3.63, 3.8) is 0 Å². The van der Waals surface area contributed by atoms with Crippen LogP contribution in [0.3, 0.4) is 0 Å². The van der Waals surface area contributed by atoms with E-state index in [0.29, 0.717) is 23.2 Å². The number of benzene rings is 6. The van der Waals surface area contributed by atoms with Gasteiger partial charge >= 0.3 is 0 Å². The van der Waals surface area contributed by atoms with Crippen LogP contribution in [0.2, 0.25) is 0 Å². The van der Waals surface area contributed by atoms with E-state index in [-0.39, 0.29) is 0 Å². The maximum atomic E-state index is 9.42. The molecule has 10 aromatic rings. The summed E-state index contributed by atoms with van der Waals surface area (Å²) in [6.07, 6.45) is 0. The van der Waals surface area contributed by atoms with Gasteiger partial charge < -0.3 is 4.42 Å². The van der Waals surface area contributed by atoms with Gasteiger partial charge in [-0.05, 0) is 42.5 Å². The van der Waals surface area contributed by atoms with Crippen LogP contribution in [0.15, 0.2) is 132 Å². The summed E-state index contributed by atoms with van der Waals surface area (Å²) in [6.45, 7) is 0. The summed E-state index contributed by atoms with van der Waals surface area (Å²) >= 11 is 1.81. The first-order valence-corrected chi connectivity index (χ1v) is 16.1. The van der Waals surface area contributed by atoms with Crippen molar-refractivity contribution < 1.29 is 4.42 Å². The number of nitriles is 1. The van der Waals surface area contributed by atoms with E-state index >= 15 is 0 Å². The number of nitrogens with zero attached hydrogens (tertiary/aromatic N) is 5. The fraction of sp³-hybridized carbons (Fsp3) is 0. The molecule has 0 radical (unpaired) electrons. The van der Waals surface area contributed by atoms with Gasteiger partial charge in [-0.2, -0.15) is 15.2 Å². The largest absolute Gasteiger partial charge is 0.454 e. The van der Waals surface area contributed by atoms with Gasteiger partial charge in [0.1, 0.15) is 11.1 Å². The van der Waals surface area contributed by atoms with Crippen molar-refractivity contribution in [2.75, 3.05) is 0 Å².